The van der Waals surface area contributed by atoms with Crippen LogP contribution >= 0.6 is 23.2 Å². The van der Waals surface area contributed by atoms with E-state index in [0.717, 1.165) is 11.3 Å². The molecule has 9 heteroatoms. The second-order valence-electron chi connectivity index (χ2n) is 7.21. The predicted octanol–water partition coefficient (Wildman–Crippen LogP) is 5.73. The smallest absolute Gasteiger partial charge is 0.338 e. The van der Waals surface area contributed by atoms with E-state index in [1.54, 1.807) is 37.4 Å². The zero-order valence-electron chi connectivity index (χ0n) is 17.7. The molecule has 0 radical (unpaired) electrons. The molecule has 1 aromatic heterocycles. The summed E-state index contributed by atoms with van der Waals surface area (Å²) >= 11 is 11.9. The van der Waals surface area contributed by atoms with E-state index in [9.17, 15) is 9.59 Å². The van der Waals surface area contributed by atoms with Crippen molar-refractivity contribution in [3.63, 3.8) is 0 Å². The van der Waals surface area contributed by atoms with Crippen LogP contribution in [-0.2, 0) is 9.53 Å². The maximum absolute atomic E-state index is 12.6. The van der Waals surface area contributed by atoms with Gasteiger partial charge in [0.1, 0.15) is 11.6 Å². The summed E-state index contributed by atoms with van der Waals surface area (Å²) in [5, 5.41) is 3.35. The Morgan fingerprint density at radius 3 is 2.48 bits per heavy atom. The van der Waals surface area contributed by atoms with Crippen LogP contribution in [0.25, 0.3) is 22.4 Å². The van der Waals surface area contributed by atoms with E-state index >= 15 is 0 Å². The third kappa shape index (κ3) is 5.10. The lowest BCUT2D eigenvalue weighted by Crippen LogP contribution is -2.30. The average Bonchev–Trinajstić information content (AvgIpc) is 3.24. The van der Waals surface area contributed by atoms with Crippen molar-refractivity contribution in [1.82, 2.24) is 9.97 Å². The van der Waals surface area contributed by atoms with Crippen LogP contribution in [0.4, 0.5) is 5.69 Å². The number of imidazole rings is 1. The van der Waals surface area contributed by atoms with Gasteiger partial charge in [-0.25, -0.2) is 9.78 Å². The van der Waals surface area contributed by atoms with Crippen molar-refractivity contribution < 1.29 is 19.1 Å². The van der Waals surface area contributed by atoms with Gasteiger partial charge in [0.25, 0.3) is 5.91 Å². The molecule has 1 heterocycles. The van der Waals surface area contributed by atoms with Gasteiger partial charge in [-0.15, -0.1) is 0 Å². The molecule has 2 N–H and O–H groups in total. The van der Waals surface area contributed by atoms with E-state index in [2.05, 4.69) is 15.3 Å². The Balaban J connectivity index is 1.46. The first-order chi connectivity index (χ1) is 15.8. The zero-order chi connectivity index (χ0) is 23.5. The van der Waals surface area contributed by atoms with E-state index in [1.165, 1.54) is 13.0 Å². The maximum atomic E-state index is 12.6. The molecule has 0 fully saturated rings. The number of halogens is 2. The highest BCUT2D eigenvalue weighted by Gasteiger charge is 2.20. The van der Waals surface area contributed by atoms with Crippen molar-refractivity contribution >= 4 is 51.8 Å². The summed E-state index contributed by atoms with van der Waals surface area (Å²) in [6.07, 6.45) is -1.04. The topological polar surface area (TPSA) is 93.3 Å². The van der Waals surface area contributed by atoms with Crippen molar-refractivity contribution in [3.8, 4) is 17.1 Å². The van der Waals surface area contributed by atoms with Gasteiger partial charge in [0.15, 0.2) is 6.10 Å². The molecule has 0 aliphatic carbocycles. The third-order valence-electron chi connectivity index (χ3n) is 4.92. The maximum Gasteiger partial charge on any atom is 0.338 e. The van der Waals surface area contributed by atoms with E-state index in [1.807, 2.05) is 24.3 Å². The molecule has 33 heavy (non-hydrogen) atoms. The Morgan fingerprint density at radius 1 is 1.03 bits per heavy atom. The van der Waals surface area contributed by atoms with Crippen molar-refractivity contribution in [3.05, 3.63) is 76.3 Å². The lowest BCUT2D eigenvalue weighted by Gasteiger charge is -2.14. The highest BCUT2D eigenvalue weighted by Crippen LogP contribution is 2.26. The highest BCUT2D eigenvalue weighted by atomic mass is 35.5. The van der Waals surface area contributed by atoms with Crippen molar-refractivity contribution in [2.24, 2.45) is 0 Å². The summed E-state index contributed by atoms with van der Waals surface area (Å²) in [6, 6.07) is 17.1. The second-order valence-corrected chi connectivity index (χ2v) is 8.05. The molecular weight excluding hydrogens is 465 g/mol. The lowest BCUT2D eigenvalue weighted by atomic mass is 10.2. The number of carbonyl (C=O) groups excluding carboxylic acids is 2. The van der Waals surface area contributed by atoms with Crippen molar-refractivity contribution in [1.29, 1.82) is 0 Å². The summed E-state index contributed by atoms with van der Waals surface area (Å²) in [5.41, 5.74) is 2.90. The fourth-order valence-electron chi connectivity index (χ4n) is 3.13. The Kier molecular flexibility index (Phi) is 6.53. The number of hydrogen-bond donors (Lipinski definition) is 2. The number of amides is 1. The molecule has 0 saturated heterocycles. The molecule has 0 saturated carbocycles. The van der Waals surface area contributed by atoms with Crippen LogP contribution in [0.5, 0.6) is 5.75 Å². The molecule has 7 nitrogen and oxygen atoms in total. The van der Waals surface area contributed by atoms with E-state index in [-0.39, 0.29) is 10.6 Å². The van der Waals surface area contributed by atoms with Gasteiger partial charge in [0.05, 0.1) is 34.4 Å². The molecule has 3 aromatic carbocycles. The SMILES string of the molecule is COc1ccc(-c2nc3ccc(C(=O)OC(C)C(=O)Nc4ccc(Cl)cc4Cl)cc3[nH]2)cc1. The Labute approximate surface area is 199 Å². The molecule has 1 amide bonds. The summed E-state index contributed by atoms with van der Waals surface area (Å²) in [5.74, 6) is 0.251. The van der Waals surface area contributed by atoms with Crippen LogP contribution in [0.3, 0.4) is 0 Å². The number of benzene rings is 3. The number of fused-ring (bicyclic) bond motifs is 1. The van der Waals surface area contributed by atoms with Crippen molar-refractivity contribution in [2.45, 2.75) is 13.0 Å². The number of anilines is 1. The standard InChI is InChI=1S/C24H19Cl2N3O4/c1-13(23(30)29-19-10-6-16(25)12-18(19)26)33-24(31)15-5-9-20-21(11-15)28-22(27-20)14-3-7-17(32-2)8-4-14/h3-13H,1-2H3,(H,27,28)(H,29,30). The average molecular weight is 484 g/mol. The van der Waals surface area contributed by atoms with Crippen LogP contribution in [0.15, 0.2) is 60.7 Å². The number of methoxy groups -OCH3 is 1. The first kappa shape index (κ1) is 22.6. The lowest BCUT2D eigenvalue weighted by molar-refractivity contribution is -0.123. The number of nitrogens with one attached hydrogen (secondary N) is 2. The monoisotopic (exact) mass is 483 g/mol. The second kappa shape index (κ2) is 9.52. The Bertz CT molecular complexity index is 1340. The van der Waals surface area contributed by atoms with Crippen molar-refractivity contribution in [2.75, 3.05) is 12.4 Å². The Morgan fingerprint density at radius 2 is 1.79 bits per heavy atom. The van der Waals surface area contributed by atoms with E-state index in [4.69, 9.17) is 32.7 Å². The van der Waals surface area contributed by atoms with Crippen LogP contribution in [0.1, 0.15) is 17.3 Å². The van der Waals surface area contributed by atoms with Gasteiger partial charge in [0.2, 0.25) is 0 Å². The van der Waals surface area contributed by atoms with Gasteiger partial charge < -0.3 is 19.8 Å². The minimum atomic E-state index is -1.04. The van der Waals surface area contributed by atoms with Crippen LogP contribution in [-0.4, -0.2) is 35.1 Å². The number of carbonyl (C=O) groups is 2. The van der Waals surface area contributed by atoms with Crippen LogP contribution < -0.4 is 10.1 Å². The molecular formula is C24H19Cl2N3O4. The summed E-state index contributed by atoms with van der Waals surface area (Å²) in [4.78, 5) is 32.8. The minimum Gasteiger partial charge on any atom is -0.497 e. The van der Waals surface area contributed by atoms with E-state index in [0.29, 0.717) is 27.6 Å². The molecule has 168 valence electrons. The molecule has 1 atom stereocenters. The highest BCUT2D eigenvalue weighted by molar-refractivity contribution is 6.36. The molecule has 4 rings (SSSR count). The number of rotatable bonds is 6. The number of hydrogen-bond acceptors (Lipinski definition) is 5. The van der Waals surface area contributed by atoms with Gasteiger partial charge in [-0.1, -0.05) is 23.2 Å². The molecule has 0 aliphatic heterocycles. The first-order valence-corrected chi connectivity index (χ1v) is 10.7. The normalized spacial score (nSPS) is 11.8. The molecule has 0 spiro atoms. The van der Waals surface area contributed by atoms with Gasteiger partial charge in [-0.3, -0.25) is 4.79 Å². The van der Waals surface area contributed by atoms with Gasteiger partial charge >= 0.3 is 5.97 Å². The van der Waals surface area contributed by atoms with Gasteiger partial charge in [0, 0.05) is 10.6 Å². The zero-order valence-corrected chi connectivity index (χ0v) is 19.2. The quantitative estimate of drug-likeness (QED) is 0.341. The minimum absolute atomic E-state index is 0.284. The number of nitrogens with zero attached hydrogens (tertiary/aromatic N) is 1. The fraction of sp³-hybridized carbons (Fsp3) is 0.125. The summed E-state index contributed by atoms with van der Waals surface area (Å²) in [7, 11) is 1.61. The number of ether oxygens (including phenoxy) is 2. The summed E-state index contributed by atoms with van der Waals surface area (Å²) < 4.78 is 10.5. The fourth-order valence-corrected chi connectivity index (χ4v) is 3.59. The molecule has 0 aliphatic rings. The Hall–Kier alpha value is -3.55. The van der Waals surface area contributed by atoms with Crippen LogP contribution in [0, 0.1) is 0 Å². The van der Waals surface area contributed by atoms with Gasteiger partial charge in [-0.2, -0.15) is 0 Å². The largest absolute Gasteiger partial charge is 0.497 e. The first-order valence-electron chi connectivity index (χ1n) is 9.95. The number of aromatic amines is 1. The molecule has 0 bridgehead atoms. The summed E-state index contributed by atoms with van der Waals surface area (Å²) in [6.45, 7) is 1.48. The predicted molar refractivity (Wildman–Crippen MR) is 128 cm³/mol. The number of esters is 1. The molecule has 4 aromatic rings. The molecule has 1 unspecified atom stereocenters. The van der Waals surface area contributed by atoms with Gasteiger partial charge in [-0.05, 0) is 67.6 Å². The van der Waals surface area contributed by atoms with E-state index < -0.39 is 18.0 Å². The number of aromatic nitrogens is 2. The number of H-pyrrole nitrogens is 1. The third-order valence-corrected chi connectivity index (χ3v) is 5.47. The van der Waals surface area contributed by atoms with Crippen LogP contribution in [0.2, 0.25) is 10.0 Å².